The average molecular weight is 450 g/mol. The van der Waals surface area contributed by atoms with Crippen LogP contribution in [0, 0.1) is 5.82 Å². The first kappa shape index (κ1) is 20.1. The summed E-state index contributed by atoms with van der Waals surface area (Å²) in [6.45, 7) is 1.84. The predicted octanol–water partition coefficient (Wildman–Crippen LogP) is 4.72. The van der Waals surface area contributed by atoms with Crippen molar-refractivity contribution in [1.82, 2.24) is 14.7 Å². The highest BCUT2D eigenvalue weighted by atomic mass is 35.7. The van der Waals surface area contributed by atoms with Crippen LogP contribution in [0.2, 0.25) is 5.02 Å². The molecule has 0 spiro atoms. The molecule has 4 nitrogen and oxygen atoms in total. The number of morpholine rings is 1. The molecule has 0 bridgehead atoms. The first-order chi connectivity index (χ1) is 13.5. The lowest BCUT2D eigenvalue weighted by Crippen LogP contribution is -2.40. The Morgan fingerprint density at radius 3 is 2.89 bits per heavy atom. The van der Waals surface area contributed by atoms with E-state index in [0.29, 0.717) is 35.8 Å². The molecule has 3 unspecified atom stereocenters. The van der Waals surface area contributed by atoms with Gasteiger partial charge in [-0.05, 0) is 33.8 Å². The monoisotopic (exact) mass is 449 g/mol. The quantitative estimate of drug-likeness (QED) is 0.732. The van der Waals surface area contributed by atoms with E-state index < -0.39 is 23.7 Å². The summed E-state index contributed by atoms with van der Waals surface area (Å²) in [6, 6.07) is 1.34. The van der Waals surface area contributed by atoms with Crippen LogP contribution in [0.4, 0.5) is 13.2 Å². The smallest absolute Gasteiger partial charge is 0.158 e. The van der Waals surface area contributed by atoms with Crippen molar-refractivity contribution >= 4 is 38.9 Å². The minimum absolute atomic E-state index is 0.108. The van der Waals surface area contributed by atoms with E-state index in [-0.39, 0.29) is 16.8 Å². The second kappa shape index (κ2) is 8.28. The molecule has 3 heterocycles. The van der Waals surface area contributed by atoms with Crippen LogP contribution in [-0.4, -0.2) is 41.4 Å². The van der Waals surface area contributed by atoms with Gasteiger partial charge in [-0.25, -0.2) is 18.2 Å². The van der Waals surface area contributed by atoms with Gasteiger partial charge >= 0.3 is 0 Å². The molecule has 0 aromatic carbocycles. The molecule has 1 fully saturated rings. The maximum Gasteiger partial charge on any atom is 0.158 e. The number of rotatable bonds is 4. The fraction of sp³-hybridized carbons (Fsp3) is 0.389. The van der Waals surface area contributed by atoms with Crippen LogP contribution in [0.1, 0.15) is 17.3 Å². The molecule has 1 aliphatic carbocycles. The van der Waals surface area contributed by atoms with Gasteiger partial charge in [0.2, 0.25) is 0 Å². The molecule has 150 valence electrons. The lowest BCUT2D eigenvalue weighted by atomic mass is 9.91. The van der Waals surface area contributed by atoms with Crippen molar-refractivity contribution in [3.05, 3.63) is 57.4 Å². The highest BCUT2D eigenvalue weighted by Crippen LogP contribution is 2.41. The molecular formula is C18H16Cl2F3N3OS. The summed E-state index contributed by atoms with van der Waals surface area (Å²) < 4.78 is 50.9. The number of halogens is 5. The number of nitrogens with zero attached hydrogens (tertiary/aromatic N) is 2. The molecule has 2 aromatic rings. The van der Waals surface area contributed by atoms with Crippen LogP contribution in [0.5, 0.6) is 0 Å². The van der Waals surface area contributed by atoms with Gasteiger partial charge in [0.15, 0.2) is 5.82 Å². The number of pyridine rings is 1. The van der Waals surface area contributed by atoms with Crippen LogP contribution < -0.4 is 5.32 Å². The summed E-state index contributed by atoms with van der Waals surface area (Å²) in [6.07, 6.45) is 2.09. The van der Waals surface area contributed by atoms with E-state index in [4.69, 9.17) is 27.0 Å². The van der Waals surface area contributed by atoms with Gasteiger partial charge in [0.05, 0.1) is 29.3 Å². The first-order valence-electron chi connectivity index (χ1n) is 8.67. The number of imidazole rings is 1. The normalized spacial score (nSPS) is 25.7. The van der Waals surface area contributed by atoms with Crippen LogP contribution in [0.25, 0.3) is 5.65 Å². The molecule has 0 radical (unpaired) electrons. The zero-order valence-electron chi connectivity index (χ0n) is 14.5. The van der Waals surface area contributed by atoms with E-state index in [9.17, 15) is 13.2 Å². The zero-order chi connectivity index (χ0) is 19.8. The van der Waals surface area contributed by atoms with Gasteiger partial charge in [-0.3, -0.25) is 0 Å². The molecule has 2 aromatic heterocycles. The minimum Gasteiger partial charge on any atom is -0.375 e. The van der Waals surface area contributed by atoms with Crippen molar-refractivity contribution < 1.29 is 17.9 Å². The Morgan fingerprint density at radius 1 is 1.39 bits per heavy atom. The lowest BCUT2D eigenvalue weighted by molar-refractivity contribution is 0.0283. The van der Waals surface area contributed by atoms with Gasteiger partial charge in [0.1, 0.15) is 17.6 Å². The third kappa shape index (κ3) is 3.80. The standard InChI is InChI=1S/C18H16Cl2F3N3OS/c19-11-6-16-25-18(17-12(21)4-10(28-20)5-13(17)22)15(26(16)8-14(11)23)3-9-7-24-1-2-27-9/h4-6,8-9,12,17,24H,1-3,7H2. The fourth-order valence-electron chi connectivity index (χ4n) is 3.53. The lowest BCUT2D eigenvalue weighted by Gasteiger charge is -2.25. The molecule has 2 aliphatic rings. The van der Waals surface area contributed by atoms with Crippen molar-refractivity contribution in [2.75, 3.05) is 19.7 Å². The molecule has 0 saturated carbocycles. The van der Waals surface area contributed by atoms with Crippen LogP contribution in [-0.2, 0) is 11.2 Å². The van der Waals surface area contributed by atoms with Crippen molar-refractivity contribution in [3.8, 4) is 0 Å². The maximum atomic E-state index is 14.8. The largest absolute Gasteiger partial charge is 0.375 e. The Kier molecular flexibility index (Phi) is 5.94. The molecule has 10 heteroatoms. The molecule has 1 N–H and O–H groups in total. The van der Waals surface area contributed by atoms with Crippen molar-refractivity contribution in [1.29, 1.82) is 0 Å². The first-order valence-corrected chi connectivity index (χ1v) is 10.7. The van der Waals surface area contributed by atoms with E-state index in [2.05, 4.69) is 10.3 Å². The molecular weight excluding hydrogens is 434 g/mol. The zero-order valence-corrected chi connectivity index (χ0v) is 16.8. The number of allylic oxidation sites excluding steroid dienone is 3. The number of hydrogen-bond acceptors (Lipinski definition) is 4. The summed E-state index contributed by atoms with van der Waals surface area (Å²) in [4.78, 5) is 4.70. The Labute approximate surface area is 173 Å². The Bertz CT molecular complexity index is 959. The van der Waals surface area contributed by atoms with Crippen molar-refractivity contribution in [2.45, 2.75) is 24.6 Å². The van der Waals surface area contributed by atoms with Gasteiger partial charge in [-0.15, -0.1) is 0 Å². The molecule has 0 amide bonds. The van der Waals surface area contributed by atoms with Gasteiger partial charge in [0.25, 0.3) is 0 Å². The Balaban J connectivity index is 1.81. The topological polar surface area (TPSA) is 38.6 Å². The van der Waals surface area contributed by atoms with Gasteiger partial charge < -0.3 is 14.5 Å². The van der Waals surface area contributed by atoms with Crippen LogP contribution >= 0.6 is 33.3 Å². The number of alkyl halides is 1. The fourth-order valence-corrected chi connectivity index (χ4v) is 4.31. The van der Waals surface area contributed by atoms with E-state index in [1.807, 2.05) is 0 Å². The second-order valence-corrected chi connectivity index (χ2v) is 8.14. The van der Waals surface area contributed by atoms with Gasteiger partial charge in [-0.2, -0.15) is 0 Å². The minimum atomic E-state index is -1.65. The number of aromatic nitrogens is 2. The van der Waals surface area contributed by atoms with Gasteiger partial charge in [-0.1, -0.05) is 11.6 Å². The predicted molar refractivity (Wildman–Crippen MR) is 105 cm³/mol. The Morgan fingerprint density at radius 2 is 2.21 bits per heavy atom. The highest BCUT2D eigenvalue weighted by molar-refractivity contribution is 8.24. The molecule has 28 heavy (non-hydrogen) atoms. The van der Waals surface area contributed by atoms with Crippen LogP contribution in [0.3, 0.4) is 0 Å². The van der Waals surface area contributed by atoms with Gasteiger partial charge in [0, 0.05) is 42.4 Å². The molecule has 1 saturated heterocycles. The van der Waals surface area contributed by atoms with Crippen molar-refractivity contribution in [3.63, 3.8) is 0 Å². The number of ether oxygens (including phenoxy) is 1. The van der Waals surface area contributed by atoms with E-state index in [1.54, 1.807) is 0 Å². The summed E-state index contributed by atoms with van der Waals surface area (Å²) in [5.74, 6) is -2.56. The second-order valence-electron chi connectivity index (χ2n) is 6.64. The Hall–Kier alpha value is -1.19. The molecule has 4 rings (SSSR count). The summed E-state index contributed by atoms with van der Waals surface area (Å²) >= 11 is 5.87. The van der Waals surface area contributed by atoms with Crippen LogP contribution in [0.15, 0.2) is 35.1 Å². The SMILES string of the molecule is FC1=CC(SCl)=CC(F)C1c1nc2cc(Cl)c(F)cn2c1CC1CNCCO1. The van der Waals surface area contributed by atoms with E-state index in [0.717, 1.165) is 17.5 Å². The van der Waals surface area contributed by atoms with E-state index >= 15 is 0 Å². The highest BCUT2D eigenvalue weighted by Gasteiger charge is 2.35. The molecule has 3 atom stereocenters. The number of nitrogens with one attached hydrogen (secondary N) is 1. The summed E-state index contributed by atoms with van der Waals surface area (Å²) in [5.41, 5.74) is 1.01. The van der Waals surface area contributed by atoms with E-state index in [1.165, 1.54) is 28.8 Å². The summed E-state index contributed by atoms with van der Waals surface area (Å²) in [7, 11) is 6.38. The summed E-state index contributed by atoms with van der Waals surface area (Å²) in [5, 5.41) is 3.10. The maximum absolute atomic E-state index is 14.8. The third-order valence-electron chi connectivity index (χ3n) is 4.82. The van der Waals surface area contributed by atoms with Crippen molar-refractivity contribution in [2.24, 2.45) is 0 Å². The third-order valence-corrected chi connectivity index (χ3v) is 6.08. The molecule has 1 aliphatic heterocycles. The number of hydrogen-bond donors (Lipinski definition) is 1. The number of fused-ring (bicyclic) bond motifs is 1. The average Bonchev–Trinajstić information content (AvgIpc) is 2.99.